The number of amides is 1. The summed E-state index contributed by atoms with van der Waals surface area (Å²) in [5.74, 6) is 0.432. The summed E-state index contributed by atoms with van der Waals surface area (Å²) in [6.07, 6.45) is 10.3. The third-order valence-electron chi connectivity index (χ3n) is 5.07. The molecule has 1 amide bonds. The van der Waals surface area contributed by atoms with Crippen LogP contribution in [-0.4, -0.2) is 30.4 Å². The van der Waals surface area contributed by atoms with Crippen molar-refractivity contribution in [2.75, 3.05) is 19.6 Å². The normalized spacial score (nSPS) is 25.1. The van der Waals surface area contributed by atoms with E-state index in [9.17, 15) is 4.79 Å². The van der Waals surface area contributed by atoms with Gasteiger partial charge in [-0.15, -0.1) is 0 Å². The van der Waals surface area contributed by atoms with Crippen molar-refractivity contribution < 1.29 is 4.79 Å². The van der Waals surface area contributed by atoms with Gasteiger partial charge in [-0.2, -0.15) is 0 Å². The lowest BCUT2D eigenvalue weighted by atomic mass is 9.68. The fourth-order valence-corrected chi connectivity index (χ4v) is 3.69. The SMILES string of the molecule is CC(CCN)C(=O)N1CCC2(CCCCC2)CC1. The van der Waals surface area contributed by atoms with Gasteiger partial charge in [0.15, 0.2) is 0 Å². The molecule has 2 fully saturated rings. The highest BCUT2D eigenvalue weighted by Gasteiger charge is 2.37. The lowest BCUT2D eigenvalue weighted by molar-refractivity contribution is -0.137. The highest BCUT2D eigenvalue weighted by atomic mass is 16.2. The summed E-state index contributed by atoms with van der Waals surface area (Å²) in [6, 6.07) is 0. The zero-order valence-electron chi connectivity index (χ0n) is 11.8. The van der Waals surface area contributed by atoms with Crippen LogP contribution >= 0.6 is 0 Å². The molecule has 3 nitrogen and oxygen atoms in total. The van der Waals surface area contributed by atoms with E-state index >= 15 is 0 Å². The van der Waals surface area contributed by atoms with Crippen molar-refractivity contribution in [2.24, 2.45) is 17.1 Å². The molecule has 0 aromatic carbocycles. The minimum absolute atomic E-state index is 0.107. The molecule has 1 spiro atoms. The van der Waals surface area contributed by atoms with Gasteiger partial charge in [-0.3, -0.25) is 4.79 Å². The average Bonchev–Trinajstić information content (AvgIpc) is 2.40. The van der Waals surface area contributed by atoms with Gasteiger partial charge in [0.2, 0.25) is 5.91 Å². The van der Waals surface area contributed by atoms with Crippen molar-refractivity contribution in [3.8, 4) is 0 Å². The summed E-state index contributed by atoms with van der Waals surface area (Å²) in [5, 5.41) is 0. The van der Waals surface area contributed by atoms with Crippen molar-refractivity contribution in [3.05, 3.63) is 0 Å². The van der Waals surface area contributed by atoms with E-state index in [1.54, 1.807) is 0 Å². The van der Waals surface area contributed by atoms with Crippen molar-refractivity contribution >= 4 is 5.91 Å². The fraction of sp³-hybridized carbons (Fsp3) is 0.933. The van der Waals surface area contributed by atoms with Gasteiger partial charge in [0, 0.05) is 19.0 Å². The largest absolute Gasteiger partial charge is 0.342 e. The maximum atomic E-state index is 12.2. The van der Waals surface area contributed by atoms with Crippen molar-refractivity contribution in [1.82, 2.24) is 4.90 Å². The molecule has 0 aromatic heterocycles. The highest BCUT2D eigenvalue weighted by Crippen LogP contribution is 2.44. The smallest absolute Gasteiger partial charge is 0.225 e. The second-order valence-electron chi connectivity index (χ2n) is 6.36. The van der Waals surface area contributed by atoms with E-state index in [1.165, 1.54) is 44.9 Å². The van der Waals surface area contributed by atoms with Gasteiger partial charge in [0.05, 0.1) is 0 Å². The Morgan fingerprint density at radius 2 is 1.78 bits per heavy atom. The van der Waals surface area contributed by atoms with Crippen LogP contribution in [-0.2, 0) is 4.79 Å². The molecule has 1 heterocycles. The number of nitrogens with two attached hydrogens (primary N) is 1. The van der Waals surface area contributed by atoms with E-state index in [4.69, 9.17) is 5.73 Å². The van der Waals surface area contributed by atoms with Gasteiger partial charge in [-0.05, 0) is 44.1 Å². The molecule has 2 rings (SSSR count). The first-order chi connectivity index (χ1) is 8.67. The molecule has 1 unspecified atom stereocenters. The summed E-state index contributed by atoms with van der Waals surface area (Å²) in [4.78, 5) is 14.3. The molecule has 1 saturated heterocycles. The van der Waals surface area contributed by atoms with Crippen LogP contribution in [0.1, 0.15) is 58.3 Å². The zero-order chi connectivity index (χ0) is 13.0. The Labute approximate surface area is 111 Å². The van der Waals surface area contributed by atoms with E-state index < -0.39 is 0 Å². The van der Waals surface area contributed by atoms with Gasteiger partial charge in [0.1, 0.15) is 0 Å². The summed E-state index contributed by atoms with van der Waals surface area (Å²) < 4.78 is 0. The van der Waals surface area contributed by atoms with Crippen LogP contribution in [0.5, 0.6) is 0 Å². The monoisotopic (exact) mass is 252 g/mol. The molecule has 1 aliphatic heterocycles. The van der Waals surface area contributed by atoms with Crippen LogP contribution in [0.4, 0.5) is 0 Å². The molecule has 2 N–H and O–H groups in total. The second kappa shape index (κ2) is 6.05. The Morgan fingerprint density at radius 1 is 1.17 bits per heavy atom. The van der Waals surface area contributed by atoms with Gasteiger partial charge in [-0.25, -0.2) is 0 Å². The molecule has 0 bridgehead atoms. The molecular formula is C15H28N2O. The molecule has 1 atom stereocenters. The minimum atomic E-state index is 0.107. The van der Waals surface area contributed by atoms with Crippen LogP contribution in [0.25, 0.3) is 0 Å². The van der Waals surface area contributed by atoms with E-state index in [0.29, 0.717) is 17.9 Å². The number of nitrogens with zero attached hydrogens (tertiary/aromatic N) is 1. The number of hydrogen-bond donors (Lipinski definition) is 1. The highest BCUT2D eigenvalue weighted by molar-refractivity contribution is 5.78. The number of piperidine rings is 1. The molecule has 1 aliphatic carbocycles. The van der Waals surface area contributed by atoms with Crippen molar-refractivity contribution in [1.29, 1.82) is 0 Å². The molecule has 0 radical (unpaired) electrons. The maximum absolute atomic E-state index is 12.2. The number of carbonyl (C=O) groups excluding carboxylic acids is 1. The zero-order valence-corrected chi connectivity index (χ0v) is 11.8. The van der Waals surface area contributed by atoms with E-state index in [0.717, 1.165) is 19.5 Å². The third-order valence-corrected chi connectivity index (χ3v) is 5.07. The molecule has 18 heavy (non-hydrogen) atoms. The lowest BCUT2D eigenvalue weighted by Crippen LogP contribution is -2.45. The molecule has 2 aliphatic rings. The van der Waals surface area contributed by atoms with Crippen molar-refractivity contribution in [3.63, 3.8) is 0 Å². The predicted molar refractivity (Wildman–Crippen MR) is 74.2 cm³/mol. The summed E-state index contributed by atoms with van der Waals surface area (Å²) >= 11 is 0. The summed E-state index contributed by atoms with van der Waals surface area (Å²) in [5.41, 5.74) is 6.13. The summed E-state index contributed by atoms with van der Waals surface area (Å²) in [6.45, 7) is 4.59. The fourth-order valence-electron chi connectivity index (χ4n) is 3.69. The van der Waals surface area contributed by atoms with Crippen LogP contribution in [0.3, 0.4) is 0 Å². The predicted octanol–water partition coefficient (Wildman–Crippen LogP) is 2.54. The first kappa shape index (κ1) is 13.9. The Hall–Kier alpha value is -0.570. The maximum Gasteiger partial charge on any atom is 0.225 e. The second-order valence-corrected chi connectivity index (χ2v) is 6.36. The number of carbonyl (C=O) groups is 1. The topological polar surface area (TPSA) is 46.3 Å². The van der Waals surface area contributed by atoms with Crippen LogP contribution in [0.15, 0.2) is 0 Å². The number of rotatable bonds is 3. The van der Waals surface area contributed by atoms with Crippen LogP contribution in [0.2, 0.25) is 0 Å². The molecule has 104 valence electrons. The van der Waals surface area contributed by atoms with Crippen LogP contribution < -0.4 is 5.73 Å². The Kier molecular flexibility index (Phi) is 4.66. The quantitative estimate of drug-likeness (QED) is 0.839. The van der Waals surface area contributed by atoms with E-state index in [-0.39, 0.29) is 5.92 Å². The Morgan fingerprint density at radius 3 is 2.33 bits per heavy atom. The molecule has 0 aromatic rings. The number of hydrogen-bond acceptors (Lipinski definition) is 2. The number of likely N-dealkylation sites (tertiary alicyclic amines) is 1. The van der Waals surface area contributed by atoms with Crippen LogP contribution in [0, 0.1) is 11.3 Å². The van der Waals surface area contributed by atoms with Gasteiger partial charge in [-0.1, -0.05) is 26.2 Å². The standard InChI is InChI=1S/C15H28N2O/c1-13(5-10-16)14(18)17-11-8-15(9-12-17)6-3-2-4-7-15/h13H,2-12,16H2,1H3. The molecule has 1 saturated carbocycles. The molecule has 3 heteroatoms. The van der Waals surface area contributed by atoms with Gasteiger partial charge < -0.3 is 10.6 Å². The first-order valence-electron chi connectivity index (χ1n) is 7.66. The van der Waals surface area contributed by atoms with E-state index in [1.807, 2.05) is 6.92 Å². The van der Waals surface area contributed by atoms with Gasteiger partial charge >= 0.3 is 0 Å². The average molecular weight is 252 g/mol. The Bertz CT molecular complexity index is 274. The first-order valence-corrected chi connectivity index (χ1v) is 7.66. The third kappa shape index (κ3) is 3.05. The molecular weight excluding hydrogens is 224 g/mol. The summed E-state index contributed by atoms with van der Waals surface area (Å²) in [7, 11) is 0. The Balaban J connectivity index is 1.84. The lowest BCUT2D eigenvalue weighted by Gasteiger charge is -2.44. The van der Waals surface area contributed by atoms with Crippen molar-refractivity contribution in [2.45, 2.75) is 58.3 Å². The van der Waals surface area contributed by atoms with E-state index in [2.05, 4.69) is 4.90 Å². The minimum Gasteiger partial charge on any atom is -0.342 e. The van der Waals surface area contributed by atoms with Gasteiger partial charge in [0.25, 0.3) is 0 Å².